The lowest BCUT2D eigenvalue weighted by molar-refractivity contribution is 0.0858. The van der Waals surface area contributed by atoms with E-state index in [2.05, 4.69) is 11.4 Å². The summed E-state index contributed by atoms with van der Waals surface area (Å²) in [5.74, 6) is 1.34. The summed E-state index contributed by atoms with van der Waals surface area (Å²) < 4.78 is 11.1. The molecule has 4 rings (SSSR count). The Bertz CT molecular complexity index is 912. The molecule has 0 bridgehead atoms. The molecular weight excluding hydrogens is 368 g/mol. The highest BCUT2D eigenvalue weighted by atomic mass is 16.6. The molecule has 1 fully saturated rings. The van der Waals surface area contributed by atoms with E-state index in [1.54, 1.807) is 23.1 Å². The molecule has 29 heavy (non-hydrogen) atoms. The van der Waals surface area contributed by atoms with Crippen LogP contribution in [0.4, 0.5) is 10.5 Å². The van der Waals surface area contributed by atoms with Gasteiger partial charge in [-0.05, 0) is 68.1 Å². The second-order valence-corrected chi connectivity index (χ2v) is 7.79. The molecule has 2 aromatic carbocycles. The molecule has 0 aliphatic carbocycles. The van der Waals surface area contributed by atoms with Gasteiger partial charge in [0.25, 0.3) is 0 Å². The van der Waals surface area contributed by atoms with Gasteiger partial charge in [-0.1, -0.05) is 6.07 Å². The predicted octanol–water partition coefficient (Wildman–Crippen LogP) is 4.20. The molecule has 0 atom stereocenters. The maximum Gasteiger partial charge on any atom is 0.321 e. The number of rotatable bonds is 3. The molecular formula is C23H26N2O4. The van der Waals surface area contributed by atoms with Gasteiger partial charge in [0.05, 0.1) is 0 Å². The van der Waals surface area contributed by atoms with Crippen LogP contribution >= 0.6 is 0 Å². The van der Waals surface area contributed by atoms with E-state index < -0.39 is 0 Å². The number of carbonyl (C=O) groups excluding carboxylic acids is 2. The molecule has 0 saturated carbocycles. The highest BCUT2D eigenvalue weighted by Crippen LogP contribution is 2.32. The van der Waals surface area contributed by atoms with Crippen molar-refractivity contribution in [3.8, 4) is 11.5 Å². The van der Waals surface area contributed by atoms with Crippen molar-refractivity contribution in [2.75, 3.05) is 31.6 Å². The Morgan fingerprint density at radius 2 is 1.59 bits per heavy atom. The Hall–Kier alpha value is -3.02. The molecule has 0 unspecified atom stereocenters. The number of urea groups is 1. The second-order valence-electron chi connectivity index (χ2n) is 7.79. The summed E-state index contributed by atoms with van der Waals surface area (Å²) in [6.07, 6.45) is 1.32. The number of nitrogens with one attached hydrogen (secondary N) is 1. The SMILES string of the molecule is Cc1cc(C)cc(NC(=O)N2CCC(C(=O)c3ccc4c(c3)OCCO4)CC2)c1. The topological polar surface area (TPSA) is 67.9 Å². The van der Waals surface area contributed by atoms with E-state index >= 15 is 0 Å². The number of anilines is 1. The summed E-state index contributed by atoms with van der Waals surface area (Å²) in [6, 6.07) is 11.3. The Morgan fingerprint density at radius 3 is 2.28 bits per heavy atom. The molecule has 2 heterocycles. The third kappa shape index (κ3) is 4.36. The van der Waals surface area contributed by atoms with Crippen molar-refractivity contribution in [2.45, 2.75) is 26.7 Å². The third-order valence-corrected chi connectivity index (χ3v) is 5.45. The lowest BCUT2D eigenvalue weighted by Gasteiger charge is -2.31. The Balaban J connectivity index is 1.35. The van der Waals surface area contributed by atoms with Gasteiger partial charge < -0.3 is 19.7 Å². The van der Waals surface area contributed by atoms with E-state index in [-0.39, 0.29) is 17.7 Å². The summed E-state index contributed by atoms with van der Waals surface area (Å²) in [6.45, 7) is 6.19. The first-order valence-electron chi connectivity index (χ1n) is 10.1. The fourth-order valence-corrected chi connectivity index (χ4v) is 4.03. The largest absolute Gasteiger partial charge is 0.486 e. The number of benzene rings is 2. The van der Waals surface area contributed by atoms with Crippen LogP contribution in [0.3, 0.4) is 0 Å². The van der Waals surface area contributed by atoms with Crippen molar-refractivity contribution in [3.63, 3.8) is 0 Å². The van der Waals surface area contributed by atoms with Crippen molar-refractivity contribution < 1.29 is 19.1 Å². The zero-order valence-corrected chi connectivity index (χ0v) is 16.9. The van der Waals surface area contributed by atoms with Crippen LogP contribution < -0.4 is 14.8 Å². The summed E-state index contributed by atoms with van der Waals surface area (Å²) in [7, 11) is 0. The second kappa shape index (κ2) is 8.15. The normalized spacial score (nSPS) is 16.4. The molecule has 2 aliphatic heterocycles. The fourth-order valence-electron chi connectivity index (χ4n) is 4.03. The van der Waals surface area contributed by atoms with Gasteiger partial charge >= 0.3 is 6.03 Å². The number of ether oxygens (including phenoxy) is 2. The molecule has 1 N–H and O–H groups in total. The van der Waals surface area contributed by atoms with Crippen molar-refractivity contribution in [1.82, 2.24) is 4.90 Å². The summed E-state index contributed by atoms with van der Waals surface area (Å²) in [5, 5.41) is 2.97. The van der Waals surface area contributed by atoms with Crippen LogP contribution in [-0.2, 0) is 0 Å². The number of aryl methyl sites for hydroxylation is 2. The first kappa shape index (κ1) is 19.3. The maximum atomic E-state index is 12.9. The zero-order valence-electron chi connectivity index (χ0n) is 16.9. The van der Waals surface area contributed by atoms with Gasteiger partial charge in [-0.2, -0.15) is 0 Å². The minimum Gasteiger partial charge on any atom is -0.486 e. The summed E-state index contributed by atoms with van der Waals surface area (Å²) in [4.78, 5) is 27.3. The average Bonchev–Trinajstić information content (AvgIpc) is 2.72. The number of likely N-dealkylation sites (tertiary alicyclic amines) is 1. The number of hydrogen-bond acceptors (Lipinski definition) is 4. The van der Waals surface area contributed by atoms with Crippen LogP contribution in [-0.4, -0.2) is 43.0 Å². The smallest absolute Gasteiger partial charge is 0.321 e. The van der Waals surface area contributed by atoms with Crippen LogP contribution in [0.2, 0.25) is 0 Å². The first-order valence-corrected chi connectivity index (χ1v) is 10.1. The van der Waals surface area contributed by atoms with Crippen molar-refractivity contribution in [2.24, 2.45) is 5.92 Å². The van der Waals surface area contributed by atoms with E-state index in [1.165, 1.54) is 0 Å². The lowest BCUT2D eigenvalue weighted by Crippen LogP contribution is -2.42. The molecule has 6 heteroatoms. The van der Waals surface area contributed by atoms with Gasteiger partial charge in [0.15, 0.2) is 17.3 Å². The molecule has 0 radical (unpaired) electrons. The predicted molar refractivity (Wildman–Crippen MR) is 111 cm³/mol. The number of amides is 2. The Labute approximate surface area is 170 Å². The monoisotopic (exact) mass is 394 g/mol. The zero-order chi connectivity index (χ0) is 20.4. The van der Waals surface area contributed by atoms with E-state index in [1.807, 2.05) is 26.0 Å². The van der Waals surface area contributed by atoms with Crippen molar-refractivity contribution in [1.29, 1.82) is 0 Å². The van der Waals surface area contributed by atoms with Crippen LogP contribution in [0.1, 0.15) is 34.3 Å². The summed E-state index contributed by atoms with van der Waals surface area (Å²) in [5.41, 5.74) is 3.68. The molecule has 6 nitrogen and oxygen atoms in total. The quantitative estimate of drug-likeness (QED) is 0.792. The number of ketones is 1. The van der Waals surface area contributed by atoms with Crippen molar-refractivity contribution >= 4 is 17.5 Å². The van der Waals surface area contributed by atoms with E-state index in [4.69, 9.17) is 9.47 Å². The maximum absolute atomic E-state index is 12.9. The first-order chi connectivity index (χ1) is 14.0. The molecule has 0 aromatic heterocycles. The minimum absolute atomic E-state index is 0.0807. The molecule has 2 aliphatic rings. The molecule has 2 aromatic rings. The Morgan fingerprint density at radius 1 is 0.931 bits per heavy atom. The van der Waals surface area contributed by atoms with Gasteiger partial charge in [-0.25, -0.2) is 4.79 Å². The fraction of sp³-hybridized carbons (Fsp3) is 0.391. The van der Waals surface area contributed by atoms with E-state index in [0.717, 1.165) is 16.8 Å². The number of fused-ring (bicyclic) bond motifs is 1. The molecule has 0 spiro atoms. The van der Waals surface area contributed by atoms with Crippen LogP contribution in [0.15, 0.2) is 36.4 Å². The van der Waals surface area contributed by atoms with Gasteiger partial charge in [0, 0.05) is 30.3 Å². The van der Waals surface area contributed by atoms with Gasteiger partial charge in [-0.15, -0.1) is 0 Å². The van der Waals surface area contributed by atoms with E-state index in [0.29, 0.717) is 56.2 Å². The van der Waals surface area contributed by atoms with Gasteiger partial charge in [0.2, 0.25) is 0 Å². The van der Waals surface area contributed by atoms with Crippen LogP contribution in [0.25, 0.3) is 0 Å². The number of Topliss-reactive ketones (excluding diaryl/α,β-unsaturated/α-hetero) is 1. The Kier molecular flexibility index (Phi) is 5.43. The van der Waals surface area contributed by atoms with Gasteiger partial charge in [-0.3, -0.25) is 4.79 Å². The number of nitrogens with zero attached hydrogens (tertiary/aromatic N) is 1. The average molecular weight is 394 g/mol. The molecule has 2 amide bonds. The highest BCUT2D eigenvalue weighted by Gasteiger charge is 2.29. The van der Waals surface area contributed by atoms with Gasteiger partial charge in [0.1, 0.15) is 13.2 Å². The molecule has 1 saturated heterocycles. The van der Waals surface area contributed by atoms with E-state index in [9.17, 15) is 9.59 Å². The number of hydrogen-bond donors (Lipinski definition) is 1. The standard InChI is InChI=1S/C23H26N2O4/c1-15-11-16(2)13-19(12-15)24-23(27)25-7-5-17(6-8-25)22(26)18-3-4-20-21(14-18)29-10-9-28-20/h3-4,11-14,17H,5-10H2,1-2H3,(H,24,27). The van der Waals surface area contributed by atoms with Crippen LogP contribution in [0, 0.1) is 19.8 Å². The summed E-state index contributed by atoms with van der Waals surface area (Å²) >= 11 is 0. The highest BCUT2D eigenvalue weighted by molar-refractivity contribution is 5.98. The lowest BCUT2D eigenvalue weighted by atomic mass is 9.89. The minimum atomic E-state index is -0.111. The molecule has 152 valence electrons. The number of piperidine rings is 1. The van der Waals surface area contributed by atoms with Crippen LogP contribution in [0.5, 0.6) is 11.5 Å². The third-order valence-electron chi connectivity index (χ3n) is 5.45. The number of carbonyl (C=O) groups is 2. The van der Waals surface area contributed by atoms with Crippen molar-refractivity contribution in [3.05, 3.63) is 53.1 Å².